The highest BCUT2D eigenvalue weighted by molar-refractivity contribution is 5.77. The second kappa shape index (κ2) is 9.23. The van der Waals surface area contributed by atoms with E-state index in [1.165, 1.54) is 0 Å². The van der Waals surface area contributed by atoms with Crippen LogP contribution >= 0.6 is 0 Å². The maximum atomic E-state index is 11.4. The zero-order chi connectivity index (χ0) is 15.7. The van der Waals surface area contributed by atoms with Crippen molar-refractivity contribution >= 4 is 5.91 Å². The Labute approximate surface area is 126 Å². The maximum Gasteiger partial charge on any atom is 0.257 e. The van der Waals surface area contributed by atoms with E-state index in [0.717, 1.165) is 18.4 Å². The molecule has 0 aliphatic rings. The van der Waals surface area contributed by atoms with Gasteiger partial charge in [0.25, 0.3) is 5.91 Å². The number of hydrogen-bond donors (Lipinski definition) is 2. The summed E-state index contributed by atoms with van der Waals surface area (Å²) in [5.41, 5.74) is 7.08. The Morgan fingerprint density at radius 2 is 2.00 bits per heavy atom. The first-order valence-electron chi connectivity index (χ1n) is 7.51. The molecule has 118 valence electrons. The molecule has 0 saturated carbocycles. The van der Waals surface area contributed by atoms with E-state index in [1.807, 2.05) is 32.0 Å². The summed E-state index contributed by atoms with van der Waals surface area (Å²) in [7, 11) is 0. The number of carbonyl (C=O) groups excluding carboxylic acids is 1. The smallest absolute Gasteiger partial charge is 0.257 e. The first kappa shape index (κ1) is 17.3. The third kappa shape index (κ3) is 6.04. The average Bonchev–Trinajstić information content (AvgIpc) is 2.47. The molecular formula is C16H26N2O3. The summed E-state index contributed by atoms with van der Waals surface area (Å²) in [5, 5.41) is 2.69. The van der Waals surface area contributed by atoms with Gasteiger partial charge in [-0.25, -0.2) is 0 Å². The number of carbonyl (C=O) groups is 1. The van der Waals surface area contributed by atoms with Crippen LogP contribution in [0, 0.1) is 0 Å². The molecule has 1 rings (SSSR count). The summed E-state index contributed by atoms with van der Waals surface area (Å²) in [5.74, 6) is 1.09. The monoisotopic (exact) mass is 294 g/mol. The van der Waals surface area contributed by atoms with Gasteiger partial charge in [-0.3, -0.25) is 4.79 Å². The second-order valence-corrected chi connectivity index (χ2v) is 4.83. The van der Waals surface area contributed by atoms with Crippen molar-refractivity contribution in [1.82, 2.24) is 5.32 Å². The molecule has 0 aliphatic carbocycles. The highest BCUT2D eigenvalue weighted by Gasteiger charge is 2.10. The zero-order valence-electron chi connectivity index (χ0n) is 13.1. The molecule has 1 aromatic rings. The fraction of sp³-hybridized carbons (Fsp3) is 0.562. The molecule has 0 spiro atoms. The van der Waals surface area contributed by atoms with Gasteiger partial charge in [-0.2, -0.15) is 0 Å². The first-order valence-corrected chi connectivity index (χ1v) is 7.51. The van der Waals surface area contributed by atoms with Crippen molar-refractivity contribution in [1.29, 1.82) is 0 Å². The minimum Gasteiger partial charge on any atom is -0.490 e. The van der Waals surface area contributed by atoms with Crippen molar-refractivity contribution in [2.45, 2.75) is 39.7 Å². The molecule has 3 N–H and O–H groups in total. The largest absolute Gasteiger partial charge is 0.490 e. The number of nitrogens with one attached hydrogen (secondary N) is 1. The van der Waals surface area contributed by atoms with Gasteiger partial charge in [0.1, 0.15) is 0 Å². The summed E-state index contributed by atoms with van der Waals surface area (Å²) in [6.07, 6.45) is 1.73. The van der Waals surface area contributed by atoms with Crippen LogP contribution in [0.25, 0.3) is 0 Å². The molecule has 0 aromatic heterocycles. The van der Waals surface area contributed by atoms with Crippen molar-refractivity contribution in [3.63, 3.8) is 0 Å². The Morgan fingerprint density at radius 1 is 1.24 bits per heavy atom. The number of rotatable bonds is 9. The minimum absolute atomic E-state index is 0.0122. The van der Waals surface area contributed by atoms with Crippen LogP contribution in [0.5, 0.6) is 11.5 Å². The van der Waals surface area contributed by atoms with Gasteiger partial charge in [0.05, 0.1) is 6.61 Å². The number of amides is 1. The molecule has 0 saturated heterocycles. The van der Waals surface area contributed by atoms with Gasteiger partial charge in [-0.05, 0) is 44.4 Å². The summed E-state index contributed by atoms with van der Waals surface area (Å²) >= 11 is 0. The predicted octanol–water partition coefficient (Wildman–Crippen LogP) is 1.88. The zero-order valence-corrected chi connectivity index (χ0v) is 13.1. The Bertz CT molecular complexity index is 449. The molecule has 0 bridgehead atoms. The molecule has 1 atom stereocenters. The minimum atomic E-state index is -0.142. The highest BCUT2D eigenvalue weighted by Crippen LogP contribution is 2.29. The van der Waals surface area contributed by atoms with Gasteiger partial charge >= 0.3 is 0 Å². The summed E-state index contributed by atoms with van der Waals surface area (Å²) in [4.78, 5) is 11.4. The molecule has 1 amide bonds. The van der Waals surface area contributed by atoms with Crippen LogP contribution in [0.2, 0.25) is 0 Å². The summed E-state index contributed by atoms with van der Waals surface area (Å²) in [6, 6.07) is 5.88. The Morgan fingerprint density at radius 3 is 2.62 bits per heavy atom. The van der Waals surface area contributed by atoms with Crippen LogP contribution in [0.1, 0.15) is 32.8 Å². The number of ether oxygens (including phenoxy) is 2. The van der Waals surface area contributed by atoms with Crippen LogP contribution in [0.15, 0.2) is 18.2 Å². The molecular weight excluding hydrogens is 268 g/mol. The fourth-order valence-corrected chi connectivity index (χ4v) is 1.91. The van der Waals surface area contributed by atoms with E-state index in [9.17, 15) is 4.79 Å². The SMILES string of the molecule is CCNC(=O)COc1ccc(CC(N)CC)cc1OCC. The number of benzene rings is 1. The number of likely N-dealkylation sites (N-methyl/N-ethyl adjacent to an activating group) is 1. The summed E-state index contributed by atoms with van der Waals surface area (Å²) < 4.78 is 11.1. The average molecular weight is 294 g/mol. The molecule has 0 aliphatic heterocycles. The van der Waals surface area contributed by atoms with Gasteiger partial charge in [0.2, 0.25) is 0 Å². The molecule has 21 heavy (non-hydrogen) atoms. The van der Waals surface area contributed by atoms with E-state index in [4.69, 9.17) is 15.2 Å². The molecule has 1 aromatic carbocycles. The van der Waals surface area contributed by atoms with Crippen molar-refractivity contribution in [2.75, 3.05) is 19.8 Å². The van der Waals surface area contributed by atoms with Gasteiger partial charge in [-0.15, -0.1) is 0 Å². The predicted molar refractivity (Wildman–Crippen MR) is 83.8 cm³/mol. The Balaban J connectivity index is 2.76. The third-order valence-corrected chi connectivity index (χ3v) is 3.06. The van der Waals surface area contributed by atoms with Gasteiger partial charge in [-0.1, -0.05) is 13.0 Å². The van der Waals surface area contributed by atoms with E-state index in [-0.39, 0.29) is 18.6 Å². The number of hydrogen-bond acceptors (Lipinski definition) is 4. The van der Waals surface area contributed by atoms with Crippen molar-refractivity contribution in [3.8, 4) is 11.5 Å². The number of nitrogens with two attached hydrogens (primary N) is 1. The Kier molecular flexibility index (Phi) is 7.61. The standard InChI is InChI=1S/C16H26N2O3/c1-4-13(17)9-12-7-8-14(15(10-12)20-6-3)21-11-16(19)18-5-2/h7-8,10,13H,4-6,9,11,17H2,1-3H3,(H,18,19). The van der Waals surface area contributed by atoms with E-state index in [0.29, 0.717) is 24.7 Å². The third-order valence-electron chi connectivity index (χ3n) is 3.06. The lowest BCUT2D eigenvalue weighted by molar-refractivity contribution is -0.123. The van der Waals surface area contributed by atoms with Gasteiger partial charge in [0.15, 0.2) is 18.1 Å². The Hall–Kier alpha value is -1.75. The lowest BCUT2D eigenvalue weighted by Crippen LogP contribution is -2.28. The lowest BCUT2D eigenvalue weighted by atomic mass is 10.0. The van der Waals surface area contributed by atoms with Crippen molar-refractivity contribution in [3.05, 3.63) is 23.8 Å². The molecule has 0 radical (unpaired) electrons. The van der Waals surface area contributed by atoms with E-state index < -0.39 is 0 Å². The molecule has 0 fully saturated rings. The van der Waals surface area contributed by atoms with Crippen LogP contribution in [0.3, 0.4) is 0 Å². The molecule has 0 heterocycles. The second-order valence-electron chi connectivity index (χ2n) is 4.83. The highest BCUT2D eigenvalue weighted by atomic mass is 16.5. The normalized spacial score (nSPS) is 11.8. The molecule has 5 nitrogen and oxygen atoms in total. The topological polar surface area (TPSA) is 73.6 Å². The van der Waals surface area contributed by atoms with E-state index in [2.05, 4.69) is 12.2 Å². The van der Waals surface area contributed by atoms with Crippen LogP contribution in [-0.2, 0) is 11.2 Å². The van der Waals surface area contributed by atoms with E-state index in [1.54, 1.807) is 0 Å². The first-order chi connectivity index (χ1) is 10.1. The van der Waals surface area contributed by atoms with Gasteiger partial charge < -0.3 is 20.5 Å². The van der Waals surface area contributed by atoms with Crippen LogP contribution in [-0.4, -0.2) is 31.7 Å². The van der Waals surface area contributed by atoms with Gasteiger partial charge in [0, 0.05) is 12.6 Å². The fourth-order valence-electron chi connectivity index (χ4n) is 1.91. The van der Waals surface area contributed by atoms with E-state index >= 15 is 0 Å². The molecule has 5 heteroatoms. The quantitative estimate of drug-likeness (QED) is 0.729. The lowest BCUT2D eigenvalue weighted by Gasteiger charge is -2.14. The molecule has 1 unspecified atom stereocenters. The van der Waals surface area contributed by atoms with Crippen molar-refractivity contribution < 1.29 is 14.3 Å². The summed E-state index contributed by atoms with van der Waals surface area (Å²) in [6.45, 7) is 6.97. The van der Waals surface area contributed by atoms with Crippen LogP contribution < -0.4 is 20.5 Å². The van der Waals surface area contributed by atoms with Crippen molar-refractivity contribution in [2.24, 2.45) is 5.73 Å². The maximum absolute atomic E-state index is 11.4. The van der Waals surface area contributed by atoms with Crippen LogP contribution in [0.4, 0.5) is 0 Å².